The van der Waals surface area contributed by atoms with Crippen molar-refractivity contribution in [2.45, 2.75) is 90.2 Å². The van der Waals surface area contributed by atoms with E-state index in [1.165, 1.54) is 51.4 Å². The first-order valence-corrected chi connectivity index (χ1v) is 8.60. The lowest BCUT2D eigenvalue weighted by Crippen LogP contribution is -2.42. The van der Waals surface area contributed by atoms with Crippen LogP contribution in [0, 0.1) is 11.3 Å². The molecule has 1 unspecified atom stereocenters. The van der Waals surface area contributed by atoms with E-state index in [0.29, 0.717) is 12.0 Å². The van der Waals surface area contributed by atoms with Crippen LogP contribution in [0.5, 0.6) is 0 Å². The SMILES string of the molecule is CCC(CC)C(O)CNC1CCC2(CCCC2)CC1. The molecule has 2 rings (SSSR count). The molecule has 0 saturated heterocycles. The fourth-order valence-electron chi connectivity index (χ4n) is 4.35. The molecule has 2 fully saturated rings. The van der Waals surface area contributed by atoms with Crippen molar-refractivity contribution in [3.8, 4) is 0 Å². The molecule has 2 N–H and O–H groups in total. The zero-order chi connectivity index (χ0) is 13.7. The standard InChI is InChI=1S/C17H33NO/c1-3-14(4-2)16(19)13-18-15-7-11-17(12-8-15)9-5-6-10-17/h14-16,18-19H,3-13H2,1-2H3. The summed E-state index contributed by atoms with van der Waals surface area (Å²) in [5.41, 5.74) is 0.728. The highest BCUT2D eigenvalue weighted by Gasteiger charge is 2.37. The van der Waals surface area contributed by atoms with Gasteiger partial charge in [-0.1, -0.05) is 39.5 Å². The quantitative estimate of drug-likeness (QED) is 0.765. The van der Waals surface area contributed by atoms with Gasteiger partial charge in [-0.2, -0.15) is 0 Å². The van der Waals surface area contributed by atoms with Crippen molar-refractivity contribution in [2.24, 2.45) is 11.3 Å². The summed E-state index contributed by atoms with van der Waals surface area (Å²) in [7, 11) is 0. The Bertz CT molecular complexity index is 246. The largest absolute Gasteiger partial charge is 0.392 e. The third kappa shape index (κ3) is 3.95. The van der Waals surface area contributed by atoms with Gasteiger partial charge in [-0.25, -0.2) is 0 Å². The molecule has 0 heterocycles. The third-order valence-corrected chi connectivity index (χ3v) is 5.92. The van der Waals surface area contributed by atoms with Gasteiger partial charge >= 0.3 is 0 Å². The molecule has 2 nitrogen and oxygen atoms in total. The molecule has 0 bridgehead atoms. The Morgan fingerprint density at radius 1 is 1.05 bits per heavy atom. The summed E-state index contributed by atoms with van der Waals surface area (Å²) in [5.74, 6) is 0.470. The lowest BCUT2D eigenvalue weighted by Gasteiger charge is -2.38. The highest BCUT2D eigenvalue weighted by Crippen LogP contribution is 2.48. The molecule has 2 saturated carbocycles. The van der Waals surface area contributed by atoms with E-state index in [9.17, 15) is 5.11 Å². The van der Waals surface area contributed by atoms with Crippen molar-refractivity contribution in [2.75, 3.05) is 6.54 Å². The summed E-state index contributed by atoms with van der Waals surface area (Å²) in [6.07, 6.45) is 13.4. The van der Waals surface area contributed by atoms with Gasteiger partial charge in [0.1, 0.15) is 0 Å². The number of hydrogen-bond donors (Lipinski definition) is 2. The highest BCUT2D eigenvalue weighted by molar-refractivity contribution is 4.91. The fourth-order valence-corrected chi connectivity index (χ4v) is 4.35. The molecule has 1 spiro atoms. The van der Waals surface area contributed by atoms with E-state index in [1.54, 1.807) is 0 Å². The number of hydrogen-bond acceptors (Lipinski definition) is 2. The van der Waals surface area contributed by atoms with Crippen LogP contribution in [0.3, 0.4) is 0 Å². The minimum Gasteiger partial charge on any atom is -0.392 e. The lowest BCUT2D eigenvalue weighted by atomic mass is 9.71. The average Bonchev–Trinajstić information content (AvgIpc) is 2.88. The van der Waals surface area contributed by atoms with Gasteiger partial charge in [-0.15, -0.1) is 0 Å². The Morgan fingerprint density at radius 3 is 2.16 bits per heavy atom. The molecule has 2 aliphatic rings. The molecule has 112 valence electrons. The average molecular weight is 267 g/mol. The van der Waals surface area contributed by atoms with Gasteiger partial charge < -0.3 is 10.4 Å². The van der Waals surface area contributed by atoms with Crippen molar-refractivity contribution in [3.05, 3.63) is 0 Å². The van der Waals surface area contributed by atoms with Crippen LogP contribution < -0.4 is 5.32 Å². The first kappa shape index (κ1) is 15.3. The second kappa shape index (κ2) is 7.08. The van der Waals surface area contributed by atoms with Crippen LogP contribution in [0.2, 0.25) is 0 Å². The van der Waals surface area contributed by atoms with Crippen LogP contribution >= 0.6 is 0 Å². The Kier molecular flexibility index (Phi) is 5.70. The van der Waals surface area contributed by atoms with Crippen molar-refractivity contribution in [1.29, 1.82) is 0 Å². The zero-order valence-electron chi connectivity index (χ0n) is 13.0. The van der Waals surface area contributed by atoms with Crippen LogP contribution in [0.25, 0.3) is 0 Å². The third-order valence-electron chi connectivity index (χ3n) is 5.92. The van der Waals surface area contributed by atoms with Crippen LogP contribution in [0.4, 0.5) is 0 Å². The normalized spacial score (nSPS) is 25.3. The van der Waals surface area contributed by atoms with Crippen molar-refractivity contribution in [3.63, 3.8) is 0 Å². The predicted octanol–water partition coefficient (Wildman–Crippen LogP) is 3.88. The summed E-state index contributed by atoms with van der Waals surface area (Å²) in [6.45, 7) is 5.16. The molecule has 0 aromatic rings. The molecule has 1 atom stereocenters. The minimum absolute atomic E-state index is 0.155. The van der Waals surface area contributed by atoms with E-state index in [0.717, 1.165) is 24.8 Å². The van der Waals surface area contributed by atoms with Crippen LogP contribution in [-0.2, 0) is 0 Å². The van der Waals surface area contributed by atoms with Gasteiger partial charge in [0, 0.05) is 12.6 Å². The van der Waals surface area contributed by atoms with Gasteiger partial charge in [0.15, 0.2) is 0 Å². The molecule has 0 aromatic heterocycles. The lowest BCUT2D eigenvalue weighted by molar-refractivity contribution is 0.0905. The van der Waals surface area contributed by atoms with Crippen molar-refractivity contribution < 1.29 is 5.11 Å². The maximum Gasteiger partial charge on any atom is 0.0692 e. The van der Waals surface area contributed by atoms with Gasteiger partial charge in [0.05, 0.1) is 6.10 Å². The van der Waals surface area contributed by atoms with E-state index >= 15 is 0 Å². The van der Waals surface area contributed by atoms with E-state index in [1.807, 2.05) is 0 Å². The fraction of sp³-hybridized carbons (Fsp3) is 1.00. The highest BCUT2D eigenvalue weighted by atomic mass is 16.3. The van der Waals surface area contributed by atoms with E-state index in [2.05, 4.69) is 19.2 Å². The molecule has 2 aliphatic carbocycles. The first-order chi connectivity index (χ1) is 9.19. The number of rotatable bonds is 6. The first-order valence-electron chi connectivity index (χ1n) is 8.60. The maximum absolute atomic E-state index is 10.2. The molecule has 0 aromatic carbocycles. The summed E-state index contributed by atoms with van der Waals surface area (Å²) < 4.78 is 0. The monoisotopic (exact) mass is 267 g/mol. The predicted molar refractivity (Wildman–Crippen MR) is 81.2 cm³/mol. The van der Waals surface area contributed by atoms with Crippen molar-refractivity contribution in [1.82, 2.24) is 5.32 Å². The van der Waals surface area contributed by atoms with Crippen LogP contribution in [0.1, 0.15) is 78.1 Å². The number of nitrogens with one attached hydrogen (secondary N) is 1. The van der Waals surface area contributed by atoms with Gasteiger partial charge in [-0.3, -0.25) is 0 Å². The molecule has 0 aliphatic heterocycles. The molecule has 0 amide bonds. The Labute approximate surface area is 119 Å². The van der Waals surface area contributed by atoms with E-state index in [4.69, 9.17) is 0 Å². The Morgan fingerprint density at radius 2 is 1.63 bits per heavy atom. The van der Waals surface area contributed by atoms with Crippen molar-refractivity contribution >= 4 is 0 Å². The second-order valence-electron chi connectivity index (χ2n) is 7.03. The van der Waals surface area contributed by atoms with E-state index < -0.39 is 0 Å². The summed E-state index contributed by atoms with van der Waals surface area (Å²) in [4.78, 5) is 0. The second-order valence-corrected chi connectivity index (χ2v) is 7.03. The van der Waals surface area contributed by atoms with Crippen LogP contribution in [0.15, 0.2) is 0 Å². The topological polar surface area (TPSA) is 32.3 Å². The molecule has 2 heteroatoms. The van der Waals surface area contributed by atoms with E-state index in [-0.39, 0.29) is 6.10 Å². The number of aliphatic hydroxyl groups excluding tert-OH is 1. The van der Waals surface area contributed by atoms with Gasteiger partial charge in [0.2, 0.25) is 0 Å². The molecule has 0 radical (unpaired) electrons. The Balaban J connectivity index is 1.68. The molecular formula is C17H33NO. The van der Waals surface area contributed by atoms with Gasteiger partial charge in [-0.05, 0) is 49.9 Å². The Hall–Kier alpha value is -0.0800. The minimum atomic E-state index is -0.155. The summed E-state index contributed by atoms with van der Waals surface area (Å²) in [6, 6.07) is 0.662. The van der Waals surface area contributed by atoms with Gasteiger partial charge in [0.25, 0.3) is 0 Å². The number of aliphatic hydroxyl groups is 1. The molecule has 19 heavy (non-hydrogen) atoms. The molecular weight excluding hydrogens is 234 g/mol. The summed E-state index contributed by atoms with van der Waals surface area (Å²) in [5, 5.41) is 13.8. The zero-order valence-corrected chi connectivity index (χ0v) is 13.0. The summed E-state index contributed by atoms with van der Waals surface area (Å²) >= 11 is 0. The smallest absolute Gasteiger partial charge is 0.0692 e. The van der Waals surface area contributed by atoms with Crippen LogP contribution in [-0.4, -0.2) is 23.8 Å². The maximum atomic E-state index is 10.2.